The minimum Gasteiger partial charge on any atom is -0.370 e. The molecule has 0 radical (unpaired) electrons. The number of aliphatic imine (C=N–C) groups is 1. The summed E-state index contributed by atoms with van der Waals surface area (Å²) in [6.07, 6.45) is 0. The van der Waals surface area contributed by atoms with Crippen LogP contribution in [0.2, 0.25) is 5.02 Å². The third-order valence-electron chi connectivity index (χ3n) is 2.92. The Morgan fingerprint density at radius 1 is 1.00 bits per heavy atom. The van der Waals surface area contributed by atoms with Crippen LogP contribution in [0.1, 0.15) is 0 Å². The monoisotopic (exact) mass is 333 g/mol. The molecule has 0 unspecified atom stereocenters. The molecule has 5 nitrogen and oxygen atoms in total. The summed E-state index contributed by atoms with van der Waals surface area (Å²) in [7, 11) is 0. The molecule has 0 bridgehead atoms. The van der Waals surface area contributed by atoms with Gasteiger partial charge >= 0.3 is 0 Å². The van der Waals surface area contributed by atoms with Crippen LogP contribution in [0.15, 0.2) is 53.5 Å². The summed E-state index contributed by atoms with van der Waals surface area (Å²) in [5.41, 5.74) is 13.2. The Labute approximate surface area is 138 Å². The second kappa shape index (κ2) is 6.60. The third-order valence-corrected chi connectivity index (χ3v) is 3.16. The van der Waals surface area contributed by atoms with Crippen molar-refractivity contribution in [1.29, 1.82) is 0 Å². The summed E-state index contributed by atoms with van der Waals surface area (Å²) >= 11 is 6.08. The van der Waals surface area contributed by atoms with Gasteiger partial charge in [0.25, 0.3) is 5.95 Å². The van der Waals surface area contributed by atoms with Crippen LogP contribution in [0.4, 0.5) is 5.95 Å². The highest BCUT2D eigenvalue weighted by Crippen LogP contribution is 2.29. The zero-order valence-electron chi connectivity index (χ0n) is 11.4. The number of rotatable bonds is 2. The van der Waals surface area contributed by atoms with Crippen LogP contribution in [0.25, 0.3) is 22.2 Å². The normalized spacial score (nSPS) is 10.0. The molecule has 0 fully saturated rings. The molecule has 0 aliphatic carbocycles. The molecule has 0 saturated heterocycles. The van der Waals surface area contributed by atoms with Crippen LogP contribution in [0, 0.1) is 0 Å². The third kappa shape index (κ3) is 3.27. The van der Waals surface area contributed by atoms with Gasteiger partial charge in [-0.05, 0) is 18.2 Å². The topological polar surface area (TPSA) is 90.2 Å². The molecule has 0 aliphatic heterocycles. The molecular weight excluding hydrogens is 321 g/mol. The number of halogens is 2. The first-order chi connectivity index (χ1) is 10.1. The number of hydrogen-bond donors (Lipinski definition) is 2. The summed E-state index contributed by atoms with van der Waals surface area (Å²) < 4.78 is 0. The van der Waals surface area contributed by atoms with Gasteiger partial charge in [0.05, 0.1) is 11.2 Å². The first kappa shape index (κ1) is 16.0. The lowest BCUT2D eigenvalue weighted by Gasteiger charge is -2.07. The van der Waals surface area contributed by atoms with E-state index in [0.29, 0.717) is 5.02 Å². The average molecular weight is 334 g/mol. The predicted octanol–water partition coefficient (Wildman–Crippen LogP) is 3.28. The van der Waals surface area contributed by atoms with E-state index in [4.69, 9.17) is 23.1 Å². The molecule has 0 aliphatic rings. The highest BCUT2D eigenvalue weighted by atomic mass is 35.5. The van der Waals surface area contributed by atoms with Crippen LogP contribution in [0.3, 0.4) is 0 Å². The van der Waals surface area contributed by atoms with Gasteiger partial charge in [0.2, 0.25) is 0 Å². The maximum absolute atomic E-state index is 6.08. The van der Waals surface area contributed by atoms with E-state index < -0.39 is 0 Å². The Morgan fingerprint density at radius 3 is 2.41 bits per heavy atom. The van der Waals surface area contributed by atoms with Gasteiger partial charge in [0.15, 0.2) is 5.96 Å². The fraction of sp³-hybridized carbons (Fsp3) is 0. The SMILES string of the molecule is Cl.NC(N)=Nc1nc(-c2ccccc2)c2cc(Cl)ccc2n1. The highest BCUT2D eigenvalue weighted by molar-refractivity contribution is 6.31. The van der Waals surface area contributed by atoms with Crippen LogP contribution < -0.4 is 11.5 Å². The molecular formula is C15H13Cl2N5. The van der Waals surface area contributed by atoms with Gasteiger partial charge in [0, 0.05) is 16.0 Å². The van der Waals surface area contributed by atoms with Gasteiger partial charge in [-0.1, -0.05) is 41.9 Å². The van der Waals surface area contributed by atoms with Crippen molar-refractivity contribution >= 4 is 46.8 Å². The van der Waals surface area contributed by atoms with Crippen molar-refractivity contribution in [3.05, 3.63) is 53.6 Å². The van der Waals surface area contributed by atoms with Crippen LogP contribution >= 0.6 is 24.0 Å². The van der Waals surface area contributed by atoms with Crippen LogP contribution in [-0.2, 0) is 0 Å². The van der Waals surface area contributed by atoms with E-state index in [1.165, 1.54) is 0 Å². The molecule has 7 heteroatoms. The van der Waals surface area contributed by atoms with E-state index in [1.807, 2.05) is 42.5 Å². The van der Waals surface area contributed by atoms with Crippen molar-refractivity contribution in [1.82, 2.24) is 9.97 Å². The lowest BCUT2D eigenvalue weighted by atomic mass is 10.1. The molecule has 3 aromatic rings. The Bertz CT molecular complexity index is 830. The number of fused-ring (bicyclic) bond motifs is 1. The second-order valence-corrected chi connectivity index (χ2v) is 4.87. The molecule has 2 aromatic carbocycles. The zero-order valence-corrected chi connectivity index (χ0v) is 13.0. The van der Waals surface area contributed by atoms with Crippen molar-refractivity contribution in [3.63, 3.8) is 0 Å². The van der Waals surface area contributed by atoms with Crippen molar-refractivity contribution in [2.75, 3.05) is 0 Å². The van der Waals surface area contributed by atoms with Gasteiger partial charge < -0.3 is 11.5 Å². The van der Waals surface area contributed by atoms with E-state index in [-0.39, 0.29) is 24.3 Å². The van der Waals surface area contributed by atoms with Crippen molar-refractivity contribution in [2.45, 2.75) is 0 Å². The summed E-state index contributed by atoms with van der Waals surface area (Å²) in [5.74, 6) is 0.144. The minimum absolute atomic E-state index is 0. The number of aromatic nitrogens is 2. The van der Waals surface area contributed by atoms with Crippen molar-refractivity contribution < 1.29 is 0 Å². The first-order valence-corrected chi connectivity index (χ1v) is 6.63. The maximum Gasteiger partial charge on any atom is 0.253 e. The Balaban J connectivity index is 0.00000176. The number of nitrogens with zero attached hydrogens (tertiary/aromatic N) is 3. The van der Waals surface area contributed by atoms with Gasteiger partial charge in [-0.3, -0.25) is 0 Å². The molecule has 3 rings (SSSR count). The lowest BCUT2D eigenvalue weighted by Crippen LogP contribution is -2.22. The molecule has 0 amide bonds. The predicted molar refractivity (Wildman–Crippen MR) is 92.7 cm³/mol. The van der Waals surface area contributed by atoms with E-state index in [9.17, 15) is 0 Å². The highest BCUT2D eigenvalue weighted by Gasteiger charge is 2.10. The molecule has 112 valence electrons. The van der Waals surface area contributed by atoms with Gasteiger partial charge in [0.1, 0.15) is 0 Å². The lowest BCUT2D eigenvalue weighted by molar-refractivity contribution is 1.17. The van der Waals surface area contributed by atoms with Crippen molar-refractivity contribution in [2.24, 2.45) is 16.5 Å². The van der Waals surface area contributed by atoms with Gasteiger partial charge in [-0.2, -0.15) is 4.99 Å². The second-order valence-electron chi connectivity index (χ2n) is 4.44. The molecule has 22 heavy (non-hydrogen) atoms. The molecule has 0 spiro atoms. The minimum atomic E-state index is -0.0812. The Morgan fingerprint density at radius 2 is 1.73 bits per heavy atom. The van der Waals surface area contributed by atoms with Crippen LogP contribution in [-0.4, -0.2) is 15.9 Å². The molecule has 0 atom stereocenters. The first-order valence-electron chi connectivity index (χ1n) is 6.26. The quantitative estimate of drug-likeness (QED) is 0.556. The summed E-state index contributed by atoms with van der Waals surface area (Å²) in [4.78, 5) is 12.7. The molecule has 1 heterocycles. The fourth-order valence-electron chi connectivity index (χ4n) is 2.07. The number of guanidine groups is 1. The van der Waals surface area contributed by atoms with E-state index in [2.05, 4.69) is 15.0 Å². The fourth-order valence-corrected chi connectivity index (χ4v) is 2.24. The van der Waals surface area contributed by atoms with Gasteiger partial charge in [-0.25, -0.2) is 9.97 Å². The molecule has 1 aromatic heterocycles. The number of nitrogens with two attached hydrogens (primary N) is 2. The summed E-state index contributed by atoms with van der Waals surface area (Å²) in [6, 6.07) is 15.2. The number of hydrogen-bond acceptors (Lipinski definition) is 3. The van der Waals surface area contributed by atoms with E-state index >= 15 is 0 Å². The zero-order chi connectivity index (χ0) is 14.8. The Kier molecular flexibility index (Phi) is 4.80. The summed E-state index contributed by atoms with van der Waals surface area (Å²) in [6.45, 7) is 0. The van der Waals surface area contributed by atoms with E-state index in [1.54, 1.807) is 6.07 Å². The Hall–Kier alpha value is -2.37. The van der Waals surface area contributed by atoms with Crippen LogP contribution in [0.5, 0.6) is 0 Å². The maximum atomic E-state index is 6.08. The van der Waals surface area contributed by atoms with Crippen molar-refractivity contribution in [3.8, 4) is 11.3 Å². The number of benzene rings is 2. The smallest absolute Gasteiger partial charge is 0.253 e. The molecule has 0 saturated carbocycles. The average Bonchev–Trinajstić information content (AvgIpc) is 2.47. The van der Waals surface area contributed by atoms with E-state index in [0.717, 1.165) is 22.2 Å². The summed E-state index contributed by atoms with van der Waals surface area (Å²) in [5, 5.41) is 1.47. The standard InChI is InChI=1S/C15H12ClN5.ClH/c16-10-6-7-12-11(8-10)13(9-4-2-1-3-5-9)20-15(19-12)21-14(17)18;/h1-8H,(H4,17,18,19,20,21);1H. The van der Waals surface area contributed by atoms with Gasteiger partial charge in [-0.15, -0.1) is 12.4 Å². The molecule has 4 N–H and O–H groups in total. The largest absolute Gasteiger partial charge is 0.370 e.